The van der Waals surface area contributed by atoms with Crippen molar-refractivity contribution < 1.29 is 14.7 Å². The Bertz CT molecular complexity index is 900. The summed E-state index contributed by atoms with van der Waals surface area (Å²) in [6.45, 7) is 0. The van der Waals surface area contributed by atoms with Crippen molar-refractivity contribution in [2.45, 2.75) is 0 Å². The first-order valence-electron chi connectivity index (χ1n) is 6.80. The topological polar surface area (TPSA) is 114 Å². The van der Waals surface area contributed by atoms with Crippen LogP contribution in [-0.4, -0.2) is 17.0 Å². The van der Waals surface area contributed by atoms with Gasteiger partial charge in [-0.15, -0.1) is 0 Å². The van der Waals surface area contributed by atoms with Crippen LogP contribution in [0.4, 0.5) is 5.69 Å². The summed E-state index contributed by atoms with van der Waals surface area (Å²) in [4.78, 5) is 22.9. The molecule has 0 fully saturated rings. The van der Waals surface area contributed by atoms with Gasteiger partial charge in [-0.25, -0.2) is 4.79 Å². The van der Waals surface area contributed by atoms with Crippen LogP contribution in [0.25, 0.3) is 6.08 Å². The Kier molecular flexibility index (Phi) is 5.07. The van der Waals surface area contributed by atoms with Gasteiger partial charge in [-0.05, 0) is 48.0 Å². The molecule has 1 amide bonds. The lowest BCUT2D eigenvalue weighted by atomic mass is 10.1. The van der Waals surface area contributed by atoms with Crippen LogP contribution < -0.4 is 5.32 Å². The van der Waals surface area contributed by atoms with E-state index in [4.69, 9.17) is 15.6 Å². The highest BCUT2D eigenvalue weighted by Gasteiger charge is 2.10. The van der Waals surface area contributed by atoms with Gasteiger partial charge in [0.25, 0.3) is 5.91 Å². The van der Waals surface area contributed by atoms with E-state index >= 15 is 0 Å². The maximum absolute atomic E-state index is 12.1. The van der Waals surface area contributed by atoms with E-state index in [9.17, 15) is 9.59 Å². The molecule has 6 heteroatoms. The Hall–Kier alpha value is -3.90. The number of amides is 1. The van der Waals surface area contributed by atoms with Crippen molar-refractivity contribution in [2.24, 2.45) is 0 Å². The quantitative estimate of drug-likeness (QED) is 0.664. The minimum Gasteiger partial charge on any atom is -0.478 e. The maximum atomic E-state index is 12.1. The zero-order valence-corrected chi connectivity index (χ0v) is 12.4. The van der Waals surface area contributed by atoms with Crippen LogP contribution in [0.5, 0.6) is 0 Å². The summed E-state index contributed by atoms with van der Waals surface area (Å²) < 4.78 is 0. The van der Waals surface area contributed by atoms with E-state index in [0.29, 0.717) is 16.8 Å². The third kappa shape index (κ3) is 4.06. The number of rotatable bonds is 4. The van der Waals surface area contributed by atoms with Gasteiger partial charge in [0, 0.05) is 5.69 Å². The normalized spacial score (nSPS) is 10.3. The molecule has 0 spiro atoms. The van der Waals surface area contributed by atoms with Gasteiger partial charge in [-0.3, -0.25) is 4.79 Å². The number of carbonyl (C=O) groups excluding carboxylic acids is 1. The molecule has 0 unspecified atom stereocenters. The SMILES string of the molecule is N#C/C(=C\c1cccc(C#N)c1)C(=O)Nc1ccc(C(=O)O)cc1. The third-order valence-electron chi connectivity index (χ3n) is 3.08. The largest absolute Gasteiger partial charge is 0.478 e. The summed E-state index contributed by atoms with van der Waals surface area (Å²) in [7, 11) is 0. The van der Waals surface area contributed by atoms with Crippen molar-refractivity contribution in [2.75, 3.05) is 5.32 Å². The van der Waals surface area contributed by atoms with Crippen LogP contribution >= 0.6 is 0 Å². The van der Waals surface area contributed by atoms with Crippen molar-refractivity contribution in [3.63, 3.8) is 0 Å². The summed E-state index contributed by atoms with van der Waals surface area (Å²) in [6.07, 6.45) is 1.38. The second-order valence-corrected chi connectivity index (χ2v) is 4.74. The molecule has 2 N–H and O–H groups in total. The molecule has 0 aromatic heterocycles. The van der Waals surface area contributed by atoms with Gasteiger partial charge in [-0.2, -0.15) is 10.5 Å². The molecule has 0 aliphatic carbocycles. The highest BCUT2D eigenvalue weighted by molar-refractivity contribution is 6.09. The summed E-state index contributed by atoms with van der Waals surface area (Å²) in [5.74, 6) is -1.69. The minimum absolute atomic E-state index is 0.0948. The molecule has 116 valence electrons. The Morgan fingerprint density at radius 3 is 2.38 bits per heavy atom. The van der Waals surface area contributed by atoms with Gasteiger partial charge in [0.1, 0.15) is 11.6 Å². The lowest BCUT2D eigenvalue weighted by Gasteiger charge is -2.05. The number of carbonyl (C=O) groups is 2. The van der Waals surface area contributed by atoms with E-state index in [1.54, 1.807) is 24.3 Å². The van der Waals surface area contributed by atoms with Crippen LogP contribution in [0.2, 0.25) is 0 Å². The van der Waals surface area contributed by atoms with Crippen LogP contribution in [0.1, 0.15) is 21.5 Å². The molecule has 2 aromatic carbocycles. The number of nitriles is 2. The van der Waals surface area contributed by atoms with Crippen molar-refractivity contribution in [3.8, 4) is 12.1 Å². The van der Waals surface area contributed by atoms with E-state index in [-0.39, 0.29) is 11.1 Å². The van der Waals surface area contributed by atoms with E-state index < -0.39 is 11.9 Å². The number of benzene rings is 2. The number of hydrogen-bond acceptors (Lipinski definition) is 4. The Morgan fingerprint density at radius 2 is 1.79 bits per heavy atom. The van der Waals surface area contributed by atoms with Crippen molar-refractivity contribution in [3.05, 3.63) is 70.8 Å². The molecule has 0 saturated heterocycles. The lowest BCUT2D eigenvalue weighted by Crippen LogP contribution is -2.13. The first kappa shape index (κ1) is 16.5. The summed E-state index contributed by atoms with van der Waals surface area (Å²) in [6, 6.07) is 15.9. The molecule has 24 heavy (non-hydrogen) atoms. The molecule has 0 aliphatic heterocycles. The predicted octanol–water partition coefficient (Wildman–Crippen LogP) is 2.80. The van der Waals surface area contributed by atoms with Crippen molar-refractivity contribution >= 4 is 23.6 Å². The average molecular weight is 317 g/mol. The Morgan fingerprint density at radius 1 is 1.08 bits per heavy atom. The first-order valence-corrected chi connectivity index (χ1v) is 6.80. The minimum atomic E-state index is -1.07. The van der Waals surface area contributed by atoms with E-state index in [1.807, 2.05) is 12.1 Å². The fraction of sp³-hybridized carbons (Fsp3) is 0. The number of anilines is 1. The van der Waals surface area contributed by atoms with Gasteiger partial charge in [0.2, 0.25) is 0 Å². The number of nitrogens with zero attached hydrogens (tertiary/aromatic N) is 2. The molecule has 6 nitrogen and oxygen atoms in total. The monoisotopic (exact) mass is 317 g/mol. The fourth-order valence-corrected chi connectivity index (χ4v) is 1.91. The van der Waals surface area contributed by atoms with E-state index in [0.717, 1.165) is 0 Å². The maximum Gasteiger partial charge on any atom is 0.335 e. The van der Waals surface area contributed by atoms with Crippen LogP contribution in [0, 0.1) is 22.7 Å². The van der Waals surface area contributed by atoms with Crippen molar-refractivity contribution in [1.82, 2.24) is 0 Å². The summed E-state index contributed by atoms with van der Waals surface area (Å²) in [5.41, 5.74) is 1.31. The molecule has 0 atom stereocenters. The lowest BCUT2D eigenvalue weighted by molar-refractivity contribution is -0.112. The average Bonchev–Trinajstić information content (AvgIpc) is 2.60. The van der Waals surface area contributed by atoms with E-state index in [2.05, 4.69) is 5.32 Å². The standard InChI is InChI=1S/C18H11N3O3/c19-10-13-3-1-2-12(8-13)9-15(11-20)17(22)21-16-6-4-14(5-7-16)18(23)24/h1-9H,(H,21,22)(H,23,24)/b15-9+. The number of nitrogens with one attached hydrogen (secondary N) is 1. The van der Waals surface area contributed by atoms with Gasteiger partial charge in [-0.1, -0.05) is 12.1 Å². The van der Waals surface area contributed by atoms with Gasteiger partial charge in [0.15, 0.2) is 0 Å². The highest BCUT2D eigenvalue weighted by atomic mass is 16.4. The molecular formula is C18H11N3O3. The predicted molar refractivity (Wildman–Crippen MR) is 86.8 cm³/mol. The van der Waals surface area contributed by atoms with Crippen LogP contribution in [-0.2, 0) is 4.79 Å². The zero-order valence-electron chi connectivity index (χ0n) is 12.4. The van der Waals surface area contributed by atoms with Crippen LogP contribution in [0.15, 0.2) is 54.1 Å². The Balaban J connectivity index is 2.19. The molecule has 0 bridgehead atoms. The molecular weight excluding hydrogens is 306 g/mol. The second-order valence-electron chi connectivity index (χ2n) is 4.74. The number of carboxylic acids is 1. The molecule has 0 aliphatic rings. The molecule has 0 radical (unpaired) electrons. The molecule has 2 aromatic rings. The van der Waals surface area contributed by atoms with E-state index in [1.165, 1.54) is 30.3 Å². The van der Waals surface area contributed by atoms with Crippen LogP contribution in [0.3, 0.4) is 0 Å². The molecule has 0 heterocycles. The van der Waals surface area contributed by atoms with Gasteiger partial charge < -0.3 is 10.4 Å². The summed E-state index contributed by atoms with van der Waals surface area (Å²) in [5, 5.41) is 29.4. The van der Waals surface area contributed by atoms with Gasteiger partial charge >= 0.3 is 5.97 Å². The number of hydrogen-bond donors (Lipinski definition) is 2. The first-order chi connectivity index (χ1) is 11.5. The Labute approximate surface area is 137 Å². The second kappa shape index (κ2) is 7.39. The molecule has 0 saturated carbocycles. The smallest absolute Gasteiger partial charge is 0.335 e. The highest BCUT2D eigenvalue weighted by Crippen LogP contribution is 2.13. The fourth-order valence-electron chi connectivity index (χ4n) is 1.91. The third-order valence-corrected chi connectivity index (χ3v) is 3.08. The van der Waals surface area contributed by atoms with Crippen molar-refractivity contribution in [1.29, 1.82) is 10.5 Å². The van der Waals surface area contributed by atoms with Gasteiger partial charge in [0.05, 0.1) is 17.2 Å². The molecule has 2 rings (SSSR count). The number of aromatic carboxylic acids is 1. The zero-order chi connectivity index (χ0) is 17.5. The summed E-state index contributed by atoms with van der Waals surface area (Å²) >= 11 is 0. The number of carboxylic acid groups (broad SMARTS) is 1.